The smallest absolute Gasteiger partial charge is 0.0819 e. The van der Waals surface area contributed by atoms with Crippen LogP contribution in [0.2, 0.25) is 13.1 Å². The molecule has 0 aliphatic rings. The number of hydrogen-bond acceptors (Lipinski definition) is 1. The molecule has 1 aromatic carbocycles. The maximum absolute atomic E-state index is 9.08. The van der Waals surface area contributed by atoms with E-state index in [4.69, 9.17) is 5.11 Å². The fourth-order valence-corrected chi connectivity index (χ4v) is 3.38. The van der Waals surface area contributed by atoms with Crippen LogP contribution in [0.3, 0.4) is 0 Å². The topological polar surface area (TPSA) is 20.2 Å². The standard InChI is InChI=1S/C12H18OSi/c1-11(9-13)14(2,3)10-12-7-5-4-6-8-12/h4-8,13H,1,9-10H2,2-3H3. The minimum atomic E-state index is -1.49. The Morgan fingerprint density at radius 2 is 1.86 bits per heavy atom. The monoisotopic (exact) mass is 206 g/mol. The van der Waals surface area contributed by atoms with Crippen LogP contribution in [0.1, 0.15) is 5.56 Å². The molecule has 0 radical (unpaired) electrons. The highest BCUT2D eigenvalue weighted by Crippen LogP contribution is 2.18. The summed E-state index contributed by atoms with van der Waals surface area (Å²) in [6.07, 6.45) is 0. The van der Waals surface area contributed by atoms with Crippen LogP contribution in [-0.4, -0.2) is 19.8 Å². The Hall–Kier alpha value is -0.863. The summed E-state index contributed by atoms with van der Waals surface area (Å²) in [6.45, 7) is 8.58. The molecule has 0 unspecified atom stereocenters. The van der Waals surface area contributed by atoms with Crippen LogP contribution in [0, 0.1) is 0 Å². The van der Waals surface area contributed by atoms with Crippen LogP contribution in [0.25, 0.3) is 0 Å². The van der Waals surface area contributed by atoms with Crippen molar-refractivity contribution in [2.75, 3.05) is 6.61 Å². The van der Waals surface area contributed by atoms with E-state index >= 15 is 0 Å². The van der Waals surface area contributed by atoms with Gasteiger partial charge in [0.25, 0.3) is 0 Å². The first-order valence-electron chi connectivity index (χ1n) is 4.89. The third-order valence-electron chi connectivity index (χ3n) is 2.64. The molecule has 0 saturated heterocycles. The maximum Gasteiger partial charge on any atom is 0.0819 e. The van der Waals surface area contributed by atoms with Gasteiger partial charge < -0.3 is 5.11 Å². The highest BCUT2D eigenvalue weighted by Gasteiger charge is 2.23. The molecule has 0 atom stereocenters. The van der Waals surface area contributed by atoms with Gasteiger partial charge in [0.1, 0.15) is 0 Å². The summed E-state index contributed by atoms with van der Waals surface area (Å²) in [5, 5.41) is 10.1. The van der Waals surface area contributed by atoms with Crippen LogP contribution in [-0.2, 0) is 6.04 Å². The van der Waals surface area contributed by atoms with E-state index in [0.717, 1.165) is 11.2 Å². The first kappa shape index (κ1) is 11.2. The summed E-state index contributed by atoms with van der Waals surface area (Å²) in [7, 11) is -1.49. The predicted molar refractivity (Wildman–Crippen MR) is 63.9 cm³/mol. The first-order valence-corrected chi connectivity index (χ1v) is 8.10. The van der Waals surface area contributed by atoms with Gasteiger partial charge in [-0.3, -0.25) is 0 Å². The minimum Gasteiger partial charge on any atom is -0.392 e. The second-order valence-electron chi connectivity index (χ2n) is 4.31. The van der Waals surface area contributed by atoms with Gasteiger partial charge in [0.2, 0.25) is 0 Å². The number of aliphatic hydroxyl groups is 1. The zero-order valence-electron chi connectivity index (χ0n) is 8.96. The molecule has 0 aromatic heterocycles. The zero-order valence-corrected chi connectivity index (χ0v) is 9.96. The summed E-state index contributed by atoms with van der Waals surface area (Å²) < 4.78 is 0. The Morgan fingerprint density at radius 1 is 1.29 bits per heavy atom. The zero-order chi connectivity index (χ0) is 10.6. The van der Waals surface area contributed by atoms with E-state index in [0.29, 0.717) is 0 Å². The second kappa shape index (κ2) is 4.58. The van der Waals surface area contributed by atoms with E-state index < -0.39 is 8.07 Å². The Labute approximate surface area is 87.1 Å². The number of aliphatic hydroxyl groups excluding tert-OH is 1. The van der Waals surface area contributed by atoms with Gasteiger partial charge in [-0.25, -0.2) is 0 Å². The molecule has 0 heterocycles. The van der Waals surface area contributed by atoms with Crippen molar-refractivity contribution in [1.82, 2.24) is 0 Å². The predicted octanol–water partition coefficient (Wildman–Crippen LogP) is 2.56. The highest BCUT2D eigenvalue weighted by atomic mass is 28.3. The molecule has 0 amide bonds. The summed E-state index contributed by atoms with van der Waals surface area (Å²) in [5.41, 5.74) is 1.35. The molecule has 0 bridgehead atoms. The number of benzene rings is 1. The molecule has 1 rings (SSSR count). The molecular formula is C12H18OSi. The Kier molecular flexibility index (Phi) is 3.67. The summed E-state index contributed by atoms with van der Waals surface area (Å²) in [6, 6.07) is 11.5. The van der Waals surface area contributed by atoms with Crippen molar-refractivity contribution in [2.24, 2.45) is 0 Å². The molecule has 0 spiro atoms. The Balaban J connectivity index is 2.73. The van der Waals surface area contributed by atoms with Gasteiger partial charge in [-0.2, -0.15) is 0 Å². The van der Waals surface area contributed by atoms with E-state index in [-0.39, 0.29) is 6.61 Å². The summed E-state index contributed by atoms with van der Waals surface area (Å²) in [4.78, 5) is 0. The van der Waals surface area contributed by atoms with E-state index in [1.165, 1.54) is 5.56 Å². The summed E-state index contributed by atoms with van der Waals surface area (Å²) in [5.74, 6) is 0. The van der Waals surface area contributed by atoms with Crippen LogP contribution in [0.4, 0.5) is 0 Å². The molecule has 1 N–H and O–H groups in total. The van der Waals surface area contributed by atoms with Crippen molar-refractivity contribution in [3.8, 4) is 0 Å². The first-order chi connectivity index (χ1) is 6.56. The molecule has 14 heavy (non-hydrogen) atoms. The lowest BCUT2D eigenvalue weighted by Gasteiger charge is -2.23. The van der Waals surface area contributed by atoms with Crippen LogP contribution >= 0.6 is 0 Å². The summed E-state index contributed by atoms with van der Waals surface area (Å²) >= 11 is 0. The van der Waals surface area contributed by atoms with Crippen molar-refractivity contribution in [3.63, 3.8) is 0 Å². The molecule has 0 fully saturated rings. The fourth-order valence-electron chi connectivity index (χ4n) is 1.45. The van der Waals surface area contributed by atoms with E-state index in [1.54, 1.807) is 0 Å². The average molecular weight is 206 g/mol. The van der Waals surface area contributed by atoms with E-state index in [1.807, 2.05) is 6.07 Å². The quantitative estimate of drug-likeness (QED) is 0.751. The van der Waals surface area contributed by atoms with Gasteiger partial charge in [-0.15, -0.1) is 6.58 Å². The molecule has 0 saturated carbocycles. The SMILES string of the molecule is C=C(CO)[Si](C)(C)Cc1ccccc1. The lowest BCUT2D eigenvalue weighted by atomic mass is 10.2. The van der Waals surface area contributed by atoms with E-state index in [2.05, 4.69) is 43.9 Å². The fraction of sp³-hybridized carbons (Fsp3) is 0.333. The third kappa shape index (κ3) is 2.82. The third-order valence-corrected chi connectivity index (χ3v) is 6.00. The van der Waals surface area contributed by atoms with Crippen LogP contribution < -0.4 is 0 Å². The van der Waals surface area contributed by atoms with Gasteiger partial charge in [-0.05, 0) is 6.04 Å². The van der Waals surface area contributed by atoms with Crippen LogP contribution in [0.15, 0.2) is 42.1 Å². The second-order valence-corrected chi connectivity index (χ2v) is 9.14. The molecular weight excluding hydrogens is 188 g/mol. The highest BCUT2D eigenvalue weighted by molar-refractivity contribution is 6.83. The molecule has 0 aliphatic carbocycles. The molecule has 2 heteroatoms. The maximum atomic E-state index is 9.08. The van der Waals surface area contributed by atoms with Gasteiger partial charge >= 0.3 is 0 Å². The van der Waals surface area contributed by atoms with Crippen LogP contribution in [0.5, 0.6) is 0 Å². The molecule has 76 valence electrons. The van der Waals surface area contributed by atoms with Gasteiger partial charge in [0, 0.05) is 0 Å². The van der Waals surface area contributed by atoms with Crippen molar-refractivity contribution >= 4 is 8.07 Å². The normalized spacial score (nSPS) is 11.4. The van der Waals surface area contributed by atoms with E-state index in [9.17, 15) is 0 Å². The van der Waals surface area contributed by atoms with Gasteiger partial charge in [-0.1, -0.05) is 54.2 Å². The van der Waals surface area contributed by atoms with Gasteiger partial charge in [0.05, 0.1) is 14.7 Å². The minimum absolute atomic E-state index is 0.131. The number of rotatable bonds is 4. The lowest BCUT2D eigenvalue weighted by Crippen LogP contribution is -2.33. The van der Waals surface area contributed by atoms with Crippen molar-refractivity contribution in [3.05, 3.63) is 47.7 Å². The van der Waals surface area contributed by atoms with Crippen molar-refractivity contribution in [2.45, 2.75) is 19.1 Å². The lowest BCUT2D eigenvalue weighted by molar-refractivity contribution is 0.337. The molecule has 0 aliphatic heterocycles. The largest absolute Gasteiger partial charge is 0.392 e. The van der Waals surface area contributed by atoms with Gasteiger partial charge in [0.15, 0.2) is 0 Å². The molecule has 1 nitrogen and oxygen atoms in total. The van der Waals surface area contributed by atoms with Crippen molar-refractivity contribution in [1.29, 1.82) is 0 Å². The number of hydrogen-bond donors (Lipinski definition) is 1. The van der Waals surface area contributed by atoms with Crippen molar-refractivity contribution < 1.29 is 5.11 Å². The Morgan fingerprint density at radius 3 is 2.36 bits per heavy atom. The Bertz CT molecular complexity index is 303. The average Bonchev–Trinajstić information content (AvgIpc) is 2.17. The molecule has 1 aromatic rings.